The summed E-state index contributed by atoms with van der Waals surface area (Å²) in [6.45, 7) is 0. The first kappa shape index (κ1) is 13.5. The maximum Gasteiger partial charge on any atom is 0.257 e. The average molecular weight is 327 g/mol. The highest BCUT2D eigenvalue weighted by molar-refractivity contribution is 9.10. The molecule has 0 spiro atoms. The predicted molar refractivity (Wildman–Crippen MR) is 72.9 cm³/mol. The van der Waals surface area contributed by atoms with E-state index >= 15 is 0 Å². The van der Waals surface area contributed by atoms with Gasteiger partial charge in [-0.25, -0.2) is 8.78 Å². The number of nitrogens with two attached hydrogens (primary N) is 1. The number of carbonyl (C=O) groups is 1. The Hall–Kier alpha value is -1.95. The summed E-state index contributed by atoms with van der Waals surface area (Å²) in [5.41, 5.74) is 6.02. The number of carbonyl (C=O) groups excluding carboxylic acids is 1. The summed E-state index contributed by atoms with van der Waals surface area (Å²) < 4.78 is 26.6. The van der Waals surface area contributed by atoms with Gasteiger partial charge in [0.1, 0.15) is 5.82 Å². The van der Waals surface area contributed by atoms with E-state index in [-0.39, 0.29) is 21.4 Å². The van der Waals surface area contributed by atoms with Gasteiger partial charge in [-0.15, -0.1) is 0 Å². The van der Waals surface area contributed by atoms with Gasteiger partial charge in [-0.2, -0.15) is 0 Å². The van der Waals surface area contributed by atoms with Crippen molar-refractivity contribution in [2.75, 3.05) is 11.1 Å². The van der Waals surface area contributed by atoms with E-state index in [1.165, 1.54) is 6.07 Å². The van der Waals surface area contributed by atoms with Crippen molar-refractivity contribution in [3.63, 3.8) is 0 Å². The van der Waals surface area contributed by atoms with Crippen LogP contribution >= 0.6 is 15.9 Å². The highest BCUT2D eigenvalue weighted by Crippen LogP contribution is 2.27. The second-order valence-electron chi connectivity index (χ2n) is 3.79. The molecule has 0 saturated heterocycles. The third kappa shape index (κ3) is 2.90. The van der Waals surface area contributed by atoms with Crippen molar-refractivity contribution in [2.24, 2.45) is 0 Å². The molecule has 0 saturated carbocycles. The first-order valence-corrected chi connectivity index (χ1v) is 6.08. The molecule has 0 aromatic heterocycles. The summed E-state index contributed by atoms with van der Waals surface area (Å²) in [6.07, 6.45) is 0. The molecule has 0 atom stereocenters. The van der Waals surface area contributed by atoms with Crippen LogP contribution in [0.4, 0.5) is 20.2 Å². The van der Waals surface area contributed by atoms with Crippen LogP contribution in [0.3, 0.4) is 0 Å². The van der Waals surface area contributed by atoms with Crippen LogP contribution in [0, 0.1) is 11.6 Å². The number of amides is 1. The first-order chi connectivity index (χ1) is 8.99. The van der Waals surface area contributed by atoms with E-state index in [1.54, 1.807) is 18.2 Å². The van der Waals surface area contributed by atoms with E-state index in [0.29, 0.717) is 6.07 Å². The van der Waals surface area contributed by atoms with E-state index in [9.17, 15) is 13.6 Å². The highest BCUT2D eigenvalue weighted by Gasteiger charge is 2.15. The number of hydrogen-bond donors (Lipinski definition) is 2. The van der Waals surface area contributed by atoms with Crippen LogP contribution in [0.15, 0.2) is 40.9 Å². The summed E-state index contributed by atoms with van der Waals surface area (Å²) in [7, 11) is 0. The number of rotatable bonds is 2. The molecule has 0 aliphatic heterocycles. The average Bonchev–Trinajstić information content (AvgIpc) is 2.34. The van der Waals surface area contributed by atoms with Gasteiger partial charge in [0.2, 0.25) is 0 Å². The number of nitrogen functional groups attached to an aromatic ring is 1. The van der Waals surface area contributed by atoms with E-state index in [4.69, 9.17) is 5.73 Å². The number of para-hydroxylation sites is 1. The van der Waals surface area contributed by atoms with Crippen molar-refractivity contribution in [1.29, 1.82) is 0 Å². The maximum atomic E-state index is 13.6. The summed E-state index contributed by atoms with van der Waals surface area (Å²) in [4.78, 5) is 12.0. The molecule has 6 heteroatoms. The summed E-state index contributed by atoms with van der Waals surface area (Å²) in [5.74, 6) is -2.17. The van der Waals surface area contributed by atoms with Crippen molar-refractivity contribution in [3.8, 4) is 0 Å². The van der Waals surface area contributed by atoms with E-state index in [0.717, 1.165) is 6.07 Å². The van der Waals surface area contributed by atoms with Gasteiger partial charge in [-0.05, 0) is 34.1 Å². The van der Waals surface area contributed by atoms with Crippen molar-refractivity contribution in [2.45, 2.75) is 0 Å². The zero-order valence-electron chi connectivity index (χ0n) is 9.58. The Morgan fingerprint density at radius 1 is 1.21 bits per heavy atom. The Morgan fingerprint density at radius 2 is 1.89 bits per heavy atom. The second-order valence-corrected chi connectivity index (χ2v) is 4.64. The Morgan fingerprint density at radius 3 is 2.53 bits per heavy atom. The minimum atomic E-state index is -0.866. The van der Waals surface area contributed by atoms with Crippen LogP contribution in [0.1, 0.15) is 10.4 Å². The third-order valence-corrected chi connectivity index (χ3v) is 3.08. The normalized spacial score (nSPS) is 10.3. The smallest absolute Gasteiger partial charge is 0.257 e. The lowest BCUT2D eigenvalue weighted by atomic mass is 10.1. The molecule has 0 heterocycles. The molecule has 0 radical (unpaired) electrons. The topological polar surface area (TPSA) is 55.1 Å². The fourth-order valence-corrected chi connectivity index (χ4v) is 2.05. The van der Waals surface area contributed by atoms with Gasteiger partial charge in [0, 0.05) is 16.2 Å². The lowest BCUT2D eigenvalue weighted by molar-refractivity contribution is 0.102. The molecule has 0 aliphatic carbocycles. The summed E-state index contributed by atoms with van der Waals surface area (Å²) in [5, 5.41) is 2.36. The van der Waals surface area contributed by atoms with Gasteiger partial charge in [0.05, 0.1) is 11.3 Å². The molecule has 0 bridgehead atoms. The van der Waals surface area contributed by atoms with E-state index in [2.05, 4.69) is 21.2 Å². The number of benzene rings is 2. The van der Waals surface area contributed by atoms with E-state index in [1.807, 2.05) is 0 Å². The Balaban J connectivity index is 2.32. The largest absolute Gasteiger partial charge is 0.398 e. The standard InChI is InChI=1S/C13H9BrF2N2O/c14-9-5-7(15)6-10(16)12(9)18-13(19)8-3-1-2-4-11(8)17/h1-6H,17H2,(H,18,19). The molecule has 0 aliphatic rings. The molecule has 98 valence electrons. The van der Waals surface area contributed by atoms with Crippen molar-refractivity contribution >= 4 is 33.2 Å². The van der Waals surface area contributed by atoms with Crippen LogP contribution < -0.4 is 11.1 Å². The van der Waals surface area contributed by atoms with Crippen LogP contribution in [-0.2, 0) is 0 Å². The van der Waals surface area contributed by atoms with Gasteiger partial charge in [-0.3, -0.25) is 4.79 Å². The lowest BCUT2D eigenvalue weighted by Gasteiger charge is -2.10. The maximum absolute atomic E-state index is 13.6. The zero-order chi connectivity index (χ0) is 14.0. The monoisotopic (exact) mass is 326 g/mol. The lowest BCUT2D eigenvalue weighted by Crippen LogP contribution is -2.15. The molecule has 2 rings (SSSR count). The van der Waals surface area contributed by atoms with E-state index < -0.39 is 17.5 Å². The summed E-state index contributed by atoms with van der Waals surface area (Å²) >= 11 is 2.99. The minimum Gasteiger partial charge on any atom is -0.398 e. The van der Waals surface area contributed by atoms with Gasteiger partial charge >= 0.3 is 0 Å². The molecule has 1 amide bonds. The number of halogens is 3. The SMILES string of the molecule is Nc1ccccc1C(=O)Nc1c(F)cc(F)cc1Br. The van der Waals surface area contributed by atoms with Crippen LogP contribution in [0.25, 0.3) is 0 Å². The summed E-state index contributed by atoms with van der Waals surface area (Å²) in [6, 6.07) is 8.15. The van der Waals surface area contributed by atoms with Crippen LogP contribution in [0.5, 0.6) is 0 Å². The highest BCUT2D eigenvalue weighted by atomic mass is 79.9. The van der Waals surface area contributed by atoms with Crippen molar-refractivity contribution in [3.05, 3.63) is 58.1 Å². The number of nitrogens with one attached hydrogen (secondary N) is 1. The molecular formula is C13H9BrF2N2O. The fourth-order valence-electron chi connectivity index (χ4n) is 1.55. The van der Waals surface area contributed by atoms with Crippen LogP contribution in [-0.4, -0.2) is 5.91 Å². The number of anilines is 2. The number of hydrogen-bond acceptors (Lipinski definition) is 2. The predicted octanol–water partition coefficient (Wildman–Crippen LogP) is 3.56. The fraction of sp³-hybridized carbons (Fsp3) is 0. The molecule has 0 unspecified atom stereocenters. The first-order valence-electron chi connectivity index (χ1n) is 5.29. The van der Waals surface area contributed by atoms with Crippen molar-refractivity contribution in [1.82, 2.24) is 0 Å². The van der Waals surface area contributed by atoms with Gasteiger partial charge in [0.25, 0.3) is 5.91 Å². The molecule has 3 nitrogen and oxygen atoms in total. The molecule has 19 heavy (non-hydrogen) atoms. The molecule has 2 aromatic rings. The quantitative estimate of drug-likeness (QED) is 0.829. The molecule has 2 aromatic carbocycles. The van der Waals surface area contributed by atoms with Gasteiger partial charge in [0.15, 0.2) is 5.82 Å². The molecule has 0 fully saturated rings. The Kier molecular flexibility index (Phi) is 3.80. The van der Waals surface area contributed by atoms with Gasteiger partial charge < -0.3 is 11.1 Å². The second kappa shape index (κ2) is 5.36. The zero-order valence-corrected chi connectivity index (χ0v) is 11.2. The van der Waals surface area contributed by atoms with Crippen molar-refractivity contribution < 1.29 is 13.6 Å². The molecular weight excluding hydrogens is 318 g/mol. The van der Waals surface area contributed by atoms with Gasteiger partial charge in [-0.1, -0.05) is 12.1 Å². The van der Waals surface area contributed by atoms with Crippen LogP contribution in [0.2, 0.25) is 0 Å². The molecule has 3 N–H and O–H groups in total. The Labute approximate surface area is 116 Å². The third-order valence-electron chi connectivity index (χ3n) is 2.45. The minimum absolute atomic E-state index is 0.118. The Bertz CT molecular complexity index is 623.